The molecule has 0 saturated carbocycles. The molecule has 0 spiro atoms. The van der Waals surface area contributed by atoms with Crippen molar-refractivity contribution in [3.05, 3.63) is 109 Å². The first-order valence-electron chi connectivity index (χ1n) is 14.4. The summed E-state index contributed by atoms with van der Waals surface area (Å²) in [4.78, 5) is 31.2. The van der Waals surface area contributed by atoms with E-state index in [4.69, 9.17) is 30.8 Å². The first kappa shape index (κ1) is 32.7. The molecule has 9 nitrogen and oxygen atoms in total. The number of ether oxygens (including phenoxy) is 3. The summed E-state index contributed by atoms with van der Waals surface area (Å²) in [6.07, 6.45) is 1.55. The number of fused-ring (bicyclic) bond motifs is 1. The number of hydrogen-bond donors (Lipinski definition) is 1. The van der Waals surface area contributed by atoms with Gasteiger partial charge in [0.15, 0.2) is 23.9 Å². The van der Waals surface area contributed by atoms with Crippen molar-refractivity contribution in [3.63, 3.8) is 0 Å². The molecule has 0 aliphatic carbocycles. The van der Waals surface area contributed by atoms with Crippen LogP contribution in [0.25, 0.3) is 22.3 Å². The highest BCUT2D eigenvalue weighted by Crippen LogP contribution is 2.35. The maximum atomic E-state index is 13.8. The number of para-hydroxylation sites is 1. The standard InChI is InChI=1S/C35H32BrClN4O5/c1-20(2)26-16-27(21(3)14-30(26)44-4)34-40-29-9-7-6-8-25(29)35(43)41(34)38-18-22-15-31(45-5)32(17-28(22)36)46-19-33(42)39-24-12-10-23(37)11-13-24/h6-18,20H,19H2,1-5H3,(H,39,42). The first-order chi connectivity index (χ1) is 22.1. The van der Waals surface area contributed by atoms with Gasteiger partial charge in [0, 0.05) is 26.3 Å². The largest absolute Gasteiger partial charge is 0.496 e. The first-order valence-corrected chi connectivity index (χ1v) is 15.6. The van der Waals surface area contributed by atoms with Gasteiger partial charge in [0.1, 0.15) is 5.75 Å². The van der Waals surface area contributed by atoms with Crippen LogP contribution < -0.4 is 25.1 Å². The lowest BCUT2D eigenvalue weighted by Gasteiger charge is -2.17. The second-order valence-electron chi connectivity index (χ2n) is 10.7. The van der Waals surface area contributed by atoms with Gasteiger partial charge in [-0.2, -0.15) is 9.78 Å². The molecule has 0 atom stereocenters. The molecule has 0 unspecified atom stereocenters. The molecule has 0 bridgehead atoms. The van der Waals surface area contributed by atoms with Crippen molar-refractivity contribution in [2.75, 3.05) is 26.1 Å². The average Bonchev–Trinajstić information content (AvgIpc) is 3.04. The van der Waals surface area contributed by atoms with E-state index in [0.29, 0.717) is 49.0 Å². The lowest BCUT2D eigenvalue weighted by atomic mass is 9.96. The summed E-state index contributed by atoms with van der Waals surface area (Å²) in [6.45, 7) is 5.87. The zero-order chi connectivity index (χ0) is 33.0. The summed E-state index contributed by atoms with van der Waals surface area (Å²) in [6, 6.07) is 21.3. The van der Waals surface area contributed by atoms with Crippen molar-refractivity contribution in [1.29, 1.82) is 0 Å². The van der Waals surface area contributed by atoms with E-state index < -0.39 is 0 Å². The highest BCUT2D eigenvalue weighted by atomic mass is 79.9. The number of aromatic nitrogens is 2. The van der Waals surface area contributed by atoms with E-state index in [-0.39, 0.29) is 24.0 Å². The maximum absolute atomic E-state index is 13.8. The van der Waals surface area contributed by atoms with Crippen LogP contribution >= 0.6 is 27.5 Å². The van der Waals surface area contributed by atoms with Gasteiger partial charge in [-0.3, -0.25) is 9.59 Å². The molecule has 5 aromatic rings. The van der Waals surface area contributed by atoms with E-state index in [1.807, 2.05) is 31.2 Å². The fourth-order valence-corrected chi connectivity index (χ4v) is 5.44. The molecule has 0 aliphatic heterocycles. The normalized spacial score (nSPS) is 11.3. The minimum atomic E-state index is -0.351. The van der Waals surface area contributed by atoms with Gasteiger partial charge in [0.25, 0.3) is 11.5 Å². The number of carbonyl (C=O) groups is 1. The third-order valence-electron chi connectivity index (χ3n) is 7.28. The van der Waals surface area contributed by atoms with Gasteiger partial charge in [-0.05, 0) is 101 Å². The monoisotopic (exact) mass is 702 g/mol. The molecule has 236 valence electrons. The number of rotatable bonds is 10. The molecule has 4 aromatic carbocycles. The van der Waals surface area contributed by atoms with Gasteiger partial charge in [-0.25, -0.2) is 4.98 Å². The lowest BCUT2D eigenvalue weighted by Crippen LogP contribution is -2.21. The third-order valence-corrected chi connectivity index (χ3v) is 8.21. The second-order valence-corrected chi connectivity index (χ2v) is 12.0. The number of nitrogens with zero attached hydrogens (tertiary/aromatic N) is 3. The topological polar surface area (TPSA) is 104 Å². The Morgan fingerprint density at radius 2 is 1.74 bits per heavy atom. The van der Waals surface area contributed by atoms with E-state index in [9.17, 15) is 9.59 Å². The van der Waals surface area contributed by atoms with E-state index in [1.165, 1.54) is 11.8 Å². The lowest BCUT2D eigenvalue weighted by molar-refractivity contribution is -0.118. The fraction of sp³-hybridized carbons (Fsp3) is 0.200. The van der Waals surface area contributed by atoms with Crippen molar-refractivity contribution >= 4 is 56.2 Å². The quantitative estimate of drug-likeness (QED) is 0.149. The summed E-state index contributed by atoms with van der Waals surface area (Å²) in [7, 11) is 3.15. The van der Waals surface area contributed by atoms with Crippen molar-refractivity contribution < 1.29 is 19.0 Å². The average molecular weight is 704 g/mol. The van der Waals surface area contributed by atoms with Crippen LogP contribution in [0, 0.1) is 6.92 Å². The van der Waals surface area contributed by atoms with Crippen LogP contribution in [0.4, 0.5) is 5.69 Å². The van der Waals surface area contributed by atoms with Crippen molar-refractivity contribution in [3.8, 4) is 28.6 Å². The van der Waals surface area contributed by atoms with Gasteiger partial charge in [-0.1, -0.05) is 37.6 Å². The summed E-state index contributed by atoms with van der Waals surface area (Å²) in [5.41, 5.74) is 4.10. The number of carbonyl (C=O) groups excluding carboxylic acids is 1. The number of hydrogen-bond acceptors (Lipinski definition) is 7. The molecule has 1 N–H and O–H groups in total. The molecule has 46 heavy (non-hydrogen) atoms. The predicted octanol–water partition coefficient (Wildman–Crippen LogP) is 7.83. The van der Waals surface area contributed by atoms with Crippen LogP contribution in [0.2, 0.25) is 5.02 Å². The summed E-state index contributed by atoms with van der Waals surface area (Å²) in [5, 5.41) is 8.41. The Morgan fingerprint density at radius 1 is 1.02 bits per heavy atom. The SMILES string of the molecule is COc1cc(C=Nn2c(-c3cc(C(C)C)c(OC)cc3C)nc3ccccc3c2=O)c(Br)cc1OCC(=O)Nc1ccc(Cl)cc1. The number of benzene rings is 4. The Kier molecular flexibility index (Phi) is 10.1. The number of halogens is 2. The van der Waals surface area contributed by atoms with Gasteiger partial charge in [0.2, 0.25) is 0 Å². The smallest absolute Gasteiger partial charge is 0.282 e. The van der Waals surface area contributed by atoms with Crippen molar-refractivity contribution in [2.24, 2.45) is 5.10 Å². The summed E-state index contributed by atoms with van der Waals surface area (Å²) >= 11 is 9.49. The summed E-state index contributed by atoms with van der Waals surface area (Å²) in [5.74, 6) is 1.72. The van der Waals surface area contributed by atoms with E-state index in [1.54, 1.807) is 61.9 Å². The van der Waals surface area contributed by atoms with Crippen LogP contribution in [0.3, 0.4) is 0 Å². The van der Waals surface area contributed by atoms with E-state index in [2.05, 4.69) is 40.2 Å². The number of methoxy groups -OCH3 is 2. The Bertz CT molecular complexity index is 2010. The van der Waals surface area contributed by atoms with Crippen molar-refractivity contribution in [2.45, 2.75) is 26.7 Å². The molecule has 1 heterocycles. The zero-order valence-corrected chi connectivity index (χ0v) is 28.3. The molecule has 5 rings (SSSR count). The highest BCUT2D eigenvalue weighted by molar-refractivity contribution is 9.10. The second kappa shape index (κ2) is 14.2. The van der Waals surface area contributed by atoms with Crippen LogP contribution in [0.5, 0.6) is 17.2 Å². The molecule has 0 saturated heterocycles. The van der Waals surface area contributed by atoms with Gasteiger partial charge in [0.05, 0.1) is 31.3 Å². The maximum Gasteiger partial charge on any atom is 0.282 e. The number of nitrogens with one attached hydrogen (secondary N) is 1. The zero-order valence-electron chi connectivity index (χ0n) is 25.9. The van der Waals surface area contributed by atoms with Crippen LogP contribution in [-0.2, 0) is 4.79 Å². The van der Waals surface area contributed by atoms with Crippen LogP contribution in [0.1, 0.15) is 36.5 Å². The molecule has 0 aliphatic rings. The van der Waals surface area contributed by atoms with Gasteiger partial charge >= 0.3 is 0 Å². The number of amides is 1. The molecule has 0 fully saturated rings. The minimum Gasteiger partial charge on any atom is -0.496 e. The molecular weight excluding hydrogens is 672 g/mol. The Labute approximate surface area is 279 Å². The van der Waals surface area contributed by atoms with E-state index >= 15 is 0 Å². The van der Waals surface area contributed by atoms with E-state index in [0.717, 1.165) is 22.4 Å². The molecule has 1 aromatic heterocycles. The summed E-state index contributed by atoms with van der Waals surface area (Å²) < 4.78 is 18.9. The fourth-order valence-electron chi connectivity index (χ4n) is 4.89. The molecule has 11 heteroatoms. The Morgan fingerprint density at radius 3 is 2.43 bits per heavy atom. The minimum absolute atomic E-state index is 0.172. The Balaban J connectivity index is 1.50. The number of aryl methyl sites for hydroxylation is 1. The molecular formula is C35H32BrClN4O5. The Hall–Kier alpha value is -4.67. The molecule has 0 radical (unpaired) electrons. The van der Waals surface area contributed by atoms with Gasteiger partial charge in [-0.15, -0.1) is 0 Å². The van der Waals surface area contributed by atoms with Gasteiger partial charge < -0.3 is 19.5 Å². The number of anilines is 1. The highest BCUT2D eigenvalue weighted by Gasteiger charge is 2.19. The predicted molar refractivity (Wildman–Crippen MR) is 186 cm³/mol. The van der Waals surface area contributed by atoms with Crippen molar-refractivity contribution in [1.82, 2.24) is 9.66 Å². The van der Waals surface area contributed by atoms with Crippen LogP contribution in [-0.4, -0.2) is 42.6 Å². The van der Waals surface area contributed by atoms with Crippen LogP contribution in [0.15, 0.2) is 87.2 Å². The third kappa shape index (κ3) is 7.08. The molecule has 1 amide bonds.